The summed E-state index contributed by atoms with van der Waals surface area (Å²) in [5.74, 6) is 1.82. The fourth-order valence-electron chi connectivity index (χ4n) is 1.19. The lowest BCUT2D eigenvalue weighted by atomic mass is 10.3. The lowest BCUT2D eigenvalue weighted by Crippen LogP contribution is -1.90. The topological polar surface area (TPSA) is 38.9 Å². The first-order chi connectivity index (χ1) is 7.61. The van der Waals surface area contributed by atoms with E-state index < -0.39 is 0 Å². The summed E-state index contributed by atoms with van der Waals surface area (Å²) in [5, 5.41) is 0.536. The number of aromatic nitrogens is 2. The molecule has 2 rings (SSSR count). The standard InChI is InChI=1S/C10H7BrCl2N2O/c1-2-5-3-4-6(16-5)10-14-8(12)7(11)9(13)15-10/h3-4H,2H2,1H3. The number of halogens is 3. The number of hydrogen-bond acceptors (Lipinski definition) is 3. The molecule has 0 unspecified atom stereocenters. The molecule has 2 aromatic rings. The summed E-state index contributed by atoms with van der Waals surface area (Å²) in [6.07, 6.45) is 0.817. The van der Waals surface area contributed by atoms with Crippen LogP contribution in [0.15, 0.2) is 21.0 Å². The Bertz CT molecular complexity index is 504. The minimum atomic E-state index is 0.268. The van der Waals surface area contributed by atoms with Crippen molar-refractivity contribution >= 4 is 39.1 Å². The van der Waals surface area contributed by atoms with Crippen LogP contribution in [0.3, 0.4) is 0 Å². The zero-order valence-electron chi connectivity index (χ0n) is 8.30. The summed E-state index contributed by atoms with van der Waals surface area (Å²) in [5.41, 5.74) is 0. The molecule has 84 valence electrons. The Morgan fingerprint density at radius 1 is 1.25 bits per heavy atom. The monoisotopic (exact) mass is 320 g/mol. The van der Waals surface area contributed by atoms with Gasteiger partial charge in [0.25, 0.3) is 0 Å². The SMILES string of the molecule is CCc1ccc(-c2nc(Cl)c(Br)c(Cl)n2)o1. The van der Waals surface area contributed by atoms with Crippen LogP contribution in [0.1, 0.15) is 12.7 Å². The molecule has 3 nitrogen and oxygen atoms in total. The quantitative estimate of drug-likeness (QED) is 0.771. The van der Waals surface area contributed by atoms with Crippen LogP contribution in [-0.4, -0.2) is 9.97 Å². The van der Waals surface area contributed by atoms with Crippen molar-refractivity contribution in [3.8, 4) is 11.6 Å². The predicted octanol–water partition coefficient (Wildman–Crippen LogP) is 4.37. The lowest BCUT2D eigenvalue weighted by molar-refractivity contribution is 0.525. The first kappa shape index (κ1) is 11.9. The van der Waals surface area contributed by atoms with Gasteiger partial charge in [-0.25, -0.2) is 9.97 Å². The molecule has 16 heavy (non-hydrogen) atoms. The van der Waals surface area contributed by atoms with Crippen LogP contribution in [0.4, 0.5) is 0 Å². The second kappa shape index (κ2) is 4.73. The number of furan rings is 1. The smallest absolute Gasteiger partial charge is 0.198 e. The van der Waals surface area contributed by atoms with Crippen LogP contribution in [-0.2, 0) is 6.42 Å². The van der Waals surface area contributed by atoms with E-state index >= 15 is 0 Å². The van der Waals surface area contributed by atoms with Gasteiger partial charge in [-0.2, -0.15) is 0 Å². The van der Waals surface area contributed by atoms with Gasteiger partial charge in [0.2, 0.25) is 0 Å². The second-order valence-corrected chi connectivity index (χ2v) is 4.57. The van der Waals surface area contributed by atoms with Gasteiger partial charge in [0.1, 0.15) is 16.1 Å². The minimum absolute atomic E-state index is 0.268. The molecule has 0 spiro atoms. The fourth-order valence-corrected chi connectivity index (χ4v) is 1.76. The predicted molar refractivity (Wildman–Crippen MR) is 66.8 cm³/mol. The summed E-state index contributed by atoms with van der Waals surface area (Å²) >= 11 is 15.0. The van der Waals surface area contributed by atoms with Crippen molar-refractivity contribution in [1.29, 1.82) is 0 Å². The van der Waals surface area contributed by atoms with Crippen molar-refractivity contribution in [1.82, 2.24) is 9.97 Å². The molecule has 0 radical (unpaired) electrons. The molecule has 2 aromatic heterocycles. The van der Waals surface area contributed by atoms with Crippen molar-refractivity contribution in [2.75, 3.05) is 0 Å². The molecule has 0 aliphatic rings. The zero-order chi connectivity index (χ0) is 11.7. The van der Waals surface area contributed by atoms with Gasteiger partial charge in [-0.1, -0.05) is 30.1 Å². The van der Waals surface area contributed by atoms with Crippen molar-refractivity contribution < 1.29 is 4.42 Å². The Balaban J connectivity index is 2.48. The highest BCUT2D eigenvalue weighted by atomic mass is 79.9. The van der Waals surface area contributed by atoms with E-state index in [1.54, 1.807) is 6.07 Å². The van der Waals surface area contributed by atoms with E-state index in [0.717, 1.165) is 12.2 Å². The van der Waals surface area contributed by atoms with E-state index in [1.165, 1.54) is 0 Å². The third-order valence-electron chi connectivity index (χ3n) is 2.00. The molecular formula is C10H7BrCl2N2O. The number of nitrogens with zero attached hydrogens (tertiary/aromatic N) is 2. The van der Waals surface area contributed by atoms with Crippen LogP contribution in [0.25, 0.3) is 11.6 Å². The highest BCUT2D eigenvalue weighted by molar-refractivity contribution is 9.10. The molecule has 0 saturated heterocycles. The van der Waals surface area contributed by atoms with E-state index in [0.29, 0.717) is 16.1 Å². The molecule has 0 aromatic carbocycles. The van der Waals surface area contributed by atoms with Crippen LogP contribution in [0.2, 0.25) is 10.3 Å². The summed E-state index contributed by atoms with van der Waals surface area (Å²) in [6.45, 7) is 2.00. The molecule has 0 fully saturated rings. The number of hydrogen-bond donors (Lipinski definition) is 0. The van der Waals surface area contributed by atoms with Crippen LogP contribution in [0.5, 0.6) is 0 Å². The Kier molecular flexibility index (Phi) is 3.52. The Labute approximate surface area is 111 Å². The van der Waals surface area contributed by atoms with Crippen molar-refractivity contribution in [2.24, 2.45) is 0 Å². The summed E-state index contributed by atoms with van der Waals surface area (Å²) in [7, 11) is 0. The minimum Gasteiger partial charge on any atom is -0.458 e. The third-order valence-corrected chi connectivity index (χ3v) is 3.76. The van der Waals surface area contributed by atoms with E-state index in [1.807, 2.05) is 13.0 Å². The maximum absolute atomic E-state index is 5.89. The molecule has 0 aliphatic carbocycles. The molecule has 0 atom stereocenters. The maximum atomic E-state index is 5.89. The second-order valence-electron chi connectivity index (χ2n) is 3.06. The van der Waals surface area contributed by atoms with Crippen molar-refractivity contribution in [3.05, 3.63) is 32.7 Å². The van der Waals surface area contributed by atoms with Gasteiger partial charge >= 0.3 is 0 Å². The van der Waals surface area contributed by atoms with Gasteiger partial charge in [0, 0.05) is 6.42 Å². The summed E-state index contributed by atoms with van der Waals surface area (Å²) in [6, 6.07) is 3.68. The molecule has 2 heterocycles. The number of aryl methyl sites for hydroxylation is 1. The molecule has 6 heteroatoms. The normalized spacial score (nSPS) is 10.8. The van der Waals surface area contributed by atoms with Gasteiger partial charge in [0.05, 0.1) is 4.47 Å². The summed E-state index contributed by atoms with van der Waals surface area (Å²) in [4.78, 5) is 8.16. The highest BCUT2D eigenvalue weighted by Crippen LogP contribution is 2.30. The first-order valence-electron chi connectivity index (χ1n) is 4.59. The van der Waals surface area contributed by atoms with Crippen molar-refractivity contribution in [2.45, 2.75) is 13.3 Å². The Morgan fingerprint density at radius 3 is 2.38 bits per heavy atom. The molecule has 0 aliphatic heterocycles. The van der Waals surface area contributed by atoms with Crippen LogP contribution < -0.4 is 0 Å². The van der Waals surface area contributed by atoms with E-state index in [9.17, 15) is 0 Å². The number of rotatable bonds is 2. The van der Waals surface area contributed by atoms with E-state index in [2.05, 4.69) is 25.9 Å². The highest BCUT2D eigenvalue weighted by Gasteiger charge is 2.13. The summed E-state index contributed by atoms with van der Waals surface area (Å²) < 4.78 is 6.00. The molecule has 0 amide bonds. The average molecular weight is 322 g/mol. The van der Waals surface area contributed by atoms with E-state index in [-0.39, 0.29) is 10.3 Å². The molecule has 0 saturated carbocycles. The van der Waals surface area contributed by atoms with Crippen LogP contribution in [0, 0.1) is 0 Å². The van der Waals surface area contributed by atoms with Gasteiger partial charge in [-0.15, -0.1) is 0 Å². The maximum Gasteiger partial charge on any atom is 0.198 e. The van der Waals surface area contributed by atoms with E-state index in [4.69, 9.17) is 27.6 Å². The third kappa shape index (κ3) is 2.24. The Morgan fingerprint density at radius 2 is 1.88 bits per heavy atom. The molecular weight excluding hydrogens is 315 g/mol. The average Bonchev–Trinajstić information content (AvgIpc) is 2.73. The van der Waals surface area contributed by atoms with Gasteiger partial charge in [-0.05, 0) is 28.1 Å². The lowest BCUT2D eigenvalue weighted by Gasteiger charge is -2.00. The zero-order valence-corrected chi connectivity index (χ0v) is 11.4. The van der Waals surface area contributed by atoms with Gasteiger partial charge < -0.3 is 4.42 Å². The molecule has 0 N–H and O–H groups in total. The Hall–Kier alpha value is -0.580. The van der Waals surface area contributed by atoms with Gasteiger partial charge in [-0.3, -0.25) is 0 Å². The fraction of sp³-hybridized carbons (Fsp3) is 0.200. The molecule has 0 bridgehead atoms. The largest absolute Gasteiger partial charge is 0.458 e. The van der Waals surface area contributed by atoms with Crippen molar-refractivity contribution in [3.63, 3.8) is 0 Å². The van der Waals surface area contributed by atoms with Crippen LogP contribution >= 0.6 is 39.1 Å². The van der Waals surface area contributed by atoms with Gasteiger partial charge in [0.15, 0.2) is 11.6 Å². The first-order valence-corrected chi connectivity index (χ1v) is 6.14.